The Hall–Kier alpha value is -2.39. The number of pyridine rings is 1. The van der Waals surface area contributed by atoms with Crippen molar-refractivity contribution in [2.75, 3.05) is 32.5 Å². The monoisotopic (exact) mass is 546 g/mol. The predicted molar refractivity (Wildman–Crippen MR) is 145 cm³/mol. The summed E-state index contributed by atoms with van der Waals surface area (Å²) < 4.78 is 18.8. The van der Waals surface area contributed by atoms with Crippen LogP contribution in [0.2, 0.25) is 5.02 Å². The van der Waals surface area contributed by atoms with Gasteiger partial charge in [-0.05, 0) is 98.5 Å². The molecular weight excluding hydrogens is 515 g/mol. The quantitative estimate of drug-likeness (QED) is 0.223. The Bertz CT molecular complexity index is 1210. The number of carboxylic acid groups (broad SMARTS) is 1. The molecular formula is C28H32ClFN2O4S. The van der Waals surface area contributed by atoms with Gasteiger partial charge < -0.3 is 19.8 Å². The van der Waals surface area contributed by atoms with Crippen molar-refractivity contribution < 1.29 is 24.1 Å². The highest BCUT2D eigenvalue weighted by molar-refractivity contribution is 7.99. The summed E-state index contributed by atoms with van der Waals surface area (Å²) in [7, 11) is 1.60. The summed E-state index contributed by atoms with van der Waals surface area (Å²) in [5.74, 6) is -0.0885. The van der Waals surface area contributed by atoms with Gasteiger partial charge in [-0.25, -0.2) is 4.39 Å². The van der Waals surface area contributed by atoms with E-state index in [1.54, 1.807) is 31.1 Å². The Morgan fingerprint density at radius 1 is 1.30 bits per heavy atom. The van der Waals surface area contributed by atoms with Crippen LogP contribution in [0.3, 0.4) is 0 Å². The molecule has 9 heteroatoms. The molecule has 1 aliphatic rings. The zero-order valence-corrected chi connectivity index (χ0v) is 22.3. The summed E-state index contributed by atoms with van der Waals surface area (Å²) in [5, 5.41) is 22.1. The first-order valence-corrected chi connectivity index (χ1v) is 13.8. The number of hydrogen-bond donors (Lipinski definition) is 2. The lowest BCUT2D eigenvalue weighted by atomic mass is 9.81. The van der Waals surface area contributed by atoms with Crippen LogP contribution in [-0.2, 0) is 4.79 Å². The number of halogens is 2. The van der Waals surface area contributed by atoms with Gasteiger partial charge in [0.15, 0.2) is 0 Å². The summed E-state index contributed by atoms with van der Waals surface area (Å²) in [6.45, 7) is 2.12. The number of thioether (sulfide) groups is 1. The summed E-state index contributed by atoms with van der Waals surface area (Å²) in [5.41, 5.74) is 1.57. The number of aliphatic hydroxyl groups excluding tert-OH is 1. The van der Waals surface area contributed by atoms with Crippen LogP contribution in [0.25, 0.3) is 10.9 Å². The molecule has 0 bridgehead atoms. The average molecular weight is 547 g/mol. The molecule has 0 spiro atoms. The molecule has 0 amide bonds. The SMILES string of the molecule is COc1ccc2nccc([C@H](O)CC[C@@H]3CCN(CCCSc4cc(F)cc(Cl)c4)C[C@@H]3C(=O)O)c2c1. The maximum Gasteiger partial charge on any atom is 0.308 e. The number of carboxylic acids is 1. The van der Waals surface area contributed by atoms with Gasteiger partial charge in [-0.1, -0.05) is 11.6 Å². The summed E-state index contributed by atoms with van der Waals surface area (Å²) in [6.07, 6.45) is 3.74. The fourth-order valence-corrected chi connectivity index (χ4v) is 6.28. The lowest BCUT2D eigenvalue weighted by Gasteiger charge is -2.37. The molecule has 198 valence electrons. The molecule has 4 rings (SSSR count). The van der Waals surface area contributed by atoms with E-state index in [9.17, 15) is 19.4 Å². The normalized spacial score (nSPS) is 19.1. The standard InChI is InChI=1S/C28H32ClFN2O4S/c1-36-21-4-5-26-24(16-21)23(7-9-31-26)27(33)6-3-18-8-11-32(17-25(18)28(34)35)10-2-12-37-22-14-19(29)13-20(30)15-22/h4-5,7,9,13-16,18,25,27,33H,2-3,6,8,10-12,17H2,1H3,(H,34,35)/t18-,25+,27-/m1/s1. The second-order valence-corrected chi connectivity index (χ2v) is 11.1. The largest absolute Gasteiger partial charge is 0.497 e. The molecule has 1 aromatic heterocycles. The third kappa shape index (κ3) is 7.35. The van der Waals surface area contributed by atoms with Crippen molar-refractivity contribution in [1.29, 1.82) is 0 Å². The van der Waals surface area contributed by atoms with Gasteiger partial charge in [-0.15, -0.1) is 11.8 Å². The van der Waals surface area contributed by atoms with Crippen molar-refractivity contribution in [2.45, 2.75) is 36.7 Å². The number of methoxy groups -OCH3 is 1. The molecule has 0 radical (unpaired) electrons. The van der Waals surface area contributed by atoms with Gasteiger partial charge in [0.1, 0.15) is 11.6 Å². The lowest BCUT2D eigenvalue weighted by Crippen LogP contribution is -2.44. The topological polar surface area (TPSA) is 82.9 Å². The Kier molecular flexibility index (Phi) is 9.65. The van der Waals surface area contributed by atoms with E-state index < -0.39 is 18.0 Å². The number of fused-ring (bicyclic) bond motifs is 1. The highest BCUT2D eigenvalue weighted by Crippen LogP contribution is 2.34. The number of rotatable bonds is 11. The van der Waals surface area contributed by atoms with Crippen molar-refractivity contribution >= 4 is 40.2 Å². The molecule has 0 unspecified atom stereocenters. The van der Waals surface area contributed by atoms with Crippen LogP contribution in [0.15, 0.2) is 53.6 Å². The van der Waals surface area contributed by atoms with Crippen molar-refractivity contribution in [2.24, 2.45) is 11.8 Å². The van der Waals surface area contributed by atoms with Gasteiger partial charge in [0.25, 0.3) is 0 Å². The third-order valence-corrected chi connectivity index (χ3v) is 8.31. The van der Waals surface area contributed by atoms with Crippen LogP contribution >= 0.6 is 23.4 Å². The zero-order valence-electron chi connectivity index (χ0n) is 20.8. The maximum absolute atomic E-state index is 13.5. The fourth-order valence-electron chi connectivity index (χ4n) is 5.08. The van der Waals surface area contributed by atoms with Gasteiger partial charge in [-0.2, -0.15) is 0 Å². The van der Waals surface area contributed by atoms with Crippen LogP contribution in [0.1, 0.15) is 37.4 Å². The van der Waals surface area contributed by atoms with Gasteiger partial charge in [-0.3, -0.25) is 9.78 Å². The number of carbonyl (C=O) groups is 1. The molecule has 1 saturated heterocycles. The highest BCUT2D eigenvalue weighted by atomic mass is 35.5. The maximum atomic E-state index is 13.5. The van der Waals surface area contributed by atoms with Crippen LogP contribution in [-0.4, -0.2) is 58.6 Å². The number of likely N-dealkylation sites (tertiary alicyclic amines) is 1. The molecule has 6 nitrogen and oxygen atoms in total. The van der Waals surface area contributed by atoms with Gasteiger partial charge >= 0.3 is 5.97 Å². The van der Waals surface area contributed by atoms with Crippen LogP contribution in [0.4, 0.5) is 4.39 Å². The fraction of sp³-hybridized carbons (Fsp3) is 0.429. The number of nitrogens with zero attached hydrogens (tertiary/aromatic N) is 2. The molecule has 0 aliphatic carbocycles. The van der Waals surface area contributed by atoms with E-state index in [-0.39, 0.29) is 11.7 Å². The molecule has 3 aromatic rings. The molecule has 2 heterocycles. The number of piperidine rings is 1. The number of aliphatic carboxylic acids is 1. The number of aliphatic hydroxyl groups is 1. The van der Waals surface area contributed by atoms with E-state index in [1.165, 1.54) is 12.1 Å². The second kappa shape index (κ2) is 12.9. The molecule has 2 aromatic carbocycles. The van der Waals surface area contributed by atoms with E-state index in [1.807, 2.05) is 24.3 Å². The van der Waals surface area contributed by atoms with Crippen molar-refractivity contribution in [3.05, 3.63) is 65.1 Å². The Morgan fingerprint density at radius 2 is 2.14 bits per heavy atom. The summed E-state index contributed by atoms with van der Waals surface area (Å²) in [6, 6.07) is 11.9. The third-order valence-electron chi connectivity index (χ3n) is 7.03. The second-order valence-electron chi connectivity index (χ2n) is 9.48. The Morgan fingerprint density at radius 3 is 2.89 bits per heavy atom. The number of aromatic nitrogens is 1. The van der Waals surface area contributed by atoms with Gasteiger partial charge in [0.05, 0.1) is 24.6 Å². The minimum absolute atomic E-state index is 0.00912. The number of ether oxygens (including phenoxy) is 1. The van der Waals surface area contributed by atoms with Gasteiger partial charge in [0, 0.05) is 28.0 Å². The van der Waals surface area contributed by atoms with Crippen molar-refractivity contribution in [3.8, 4) is 5.75 Å². The molecule has 37 heavy (non-hydrogen) atoms. The first-order valence-electron chi connectivity index (χ1n) is 12.5. The van der Waals surface area contributed by atoms with Gasteiger partial charge in [0.2, 0.25) is 0 Å². The first-order chi connectivity index (χ1) is 17.8. The minimum Gasteiger partial charge on any atom is -0.497 e. The summed E-state index contributed by atoms with van der Waals surface area (Å²) in [4.78, 5) is 19.5. The van der Waals surface area contributed by atoms with Crippen molar-refractivity contribution in [3.63, 3.8) is 0 Å². The van der Waals surface area contributed by atoms with Crippen LogP contribution < -0.4 is 4.74 Å². The zero-order chi connectivity index (χ0) is 26.4. The average Bonchev–Trinajstić information content (AvgIpc) is 2.88. The van der Waals surface area contributed by atoms with Crippen LogP contribution in [0.5, 0.6) is 5.75 Å². The molecule has 3 atom stereocenters. The lowest BCUT2D eigenvalue weighted by molar-refractivity contribution is -0.146. The van der Waals surface area contributed by atoms with E-state index in [2.05, 4.69) is 9.88 Å². The van der Waals surface area contributed by atoms with E-state index >= 15 is 0 Å². The Balaban J connectivity index is 1.29. The highest BCUT2D eigenvalue weighted by Gasteiger charge is 2.34. The predicted octanol–water partition coefficient (Wildman–Crippen LogP) is 6.05. The molecule has 0 saturated carbocycles. The van der Waals surface area contributed by atoms with E-state index in [0.717, 1.165) is 53.0 Å². The van der Waals surface area contributed by atoms with E-state index in [0.29, 0.717) is 30.2 Å². The minimum atomic E-state index is -0.785. The first kappa shape index (κ1) is 27.6. The van der Waals surface area contributed by atoms with E-state index in [4.69, 9.17) is 16.3 Å². The molecule has 1 fully saturated rings. The Labute approximate surface area is 225 Å². The molecule has 1 aliphatic heterocycles. The van der Waals surface area contributed by atoms with Crippen LogP contribution in [0, 0.1) is 17.7 Å². The number of benzene rings is 2. The molecule has 2 N–H and O–H groups in total. The van der Waals surface area contributed by atoms with Crippen molar-refractivity contribution in [1.82, 2.24) is 9.88 Å². The number of hydrogen-bond acceptors (Lipinski definition) is 6. The smallest absolute Gasteiger partial charge is 0.308 e. The summed E-state index contributed by atoms with van der Waals surface area (Å²) >= 11 is 7.47.